The largest absolute Gasteiger partial charge is 0.493 e. The predicted octanol–water partition coefficient (Wildman–Crippen LogP) is 1.93. The van der Waals surface area contributed by atoms with E-state index in [1.807, 2.05) is 0 Å². The van der Waals surface area contributed by atoms with E-state index in [9.17, 15) is 14.7 Å². The molecule has 1 atom stereocenters. The van der Waals surface area contributed by atoms with E-state index in [0.717, 1.165) is 58.0 Å². The van der Waals surface area contributed by atoms with Crippen molar-refractivity contribution >= 4 is 17.8 Å². The lowest BCUT2D eigenvalue weighted by molar-refractivity contribution is -0.139. The van der Waals surface area contributed by atoms with Crippen molar-refractivity contribution in [3.05, 3.63) is 12.3 Å². The molecular weight excluding hydrogens is 400 g/mol. The number of aliphatic hydroxyl groups excluding tert-OH is 1. The molecule has 1 aromatic heterocycles. The van der Waals surface area contributed by atoms with Gasteiger partial charge in [-0.25, -0.2) is 9.78 Å². The number of nitrogens with zero attached hydrogens (tertiary/aromatic N) is 3. The maximum absolute atomic E-state index is 13.5. The molecule has 1 saturated carbocycles. The molecule has 1 aliphatic carbocycles. The summed E-state index contributed by atoms with van der Waals surface area (Å²) in [5.74, 6) is 1.73. The summed E-state index contributed by atoms with van der Waals surface area (Å²) < 4.78 is 10.7. The van der Waals surface area contributed by atoms with Gasteiger partial charge in [-0.05, 0) is 44.9 Å². The highest BCUT2D eigenvalue weighted by Gasteiger charge is 2.51. The molecule has 0 bridgehead atoms. The highest BCUT2D eigenvalue weighted by Crippen LogP contribution is 2.44. The molecule has 2 N–H and O–H groups in total. The second kappa shape index (κ2) is 8.90. The summed E-state index contributed by atoms with van der Waals surface area (Å²) in [6.45, 7) is 2.19. The van der Waals surface area contributed by atoms with E-state index < -0.39 is 11.5 Å². The first-order valence-electron chi connectivity index (χ1n) is 11.1. The van der Waals surface area contributed by atoms with Gasteiger partial charge in [-0.2, -0.15) is 0 Å². The van der Waals surface area contributed by atoms with Crippen LogP contribution < -0.4 is 19.7 Å². The van der Waals surface area contributed by atoms with Gasteiger partial charge in [-0.3, -0.25) is 4.79 Å². The number of pyridine rings is 1. The molecule has 9 heteroatoms. The number of hydrogen-bond acceptors (Lipinski definition) is 7. The monoisotopic (exact) mass is 432 g/mol. The second-order valence-corrected chi connectivity index (χ2v) is 8.85. The molecule has 3 heterocycles. The molecule has 0 radical (unpaired) electrons. The standard InChI is InChI=1S/C22H32N4O5/c1-23-21(29)31-17-12-18(30-2)19(24-13-17)25-10-3-8-22(14-25)9-11-26(20(22)28)15-4-6-16(27)7-5-15/h12-13,15-16,27H,3-11,14H2,1-2H3,(H,23,29). The van der Waals surface area contributed by atoms with Crippen LogP contribution in [0.5, 0.6) is 11.5 Å². The van der Waals surface area contributed by atoms with Gasteiger partial charge in [-0.15, -0.1) is 0 Å². The van der Waals surface area contributed by atoms with Gasteiger partial charge in [0.2, 0.25) is 5.91 Å². The third kappa shape index (κ3) is 4.28. The van der Waals surface area contributed by atoms with Crippen molar-refractivity contribution in [2.45, 2.75) is 57.1 Å². The molecule has 1 unspecified atom stereocenters. The van der Waals surface area contributed by atoms with Gasteiger partial charge in [0.05, 0.1) is 24.8 Å². The van der Waals surface area contributed by atoms with Crippen LogP contribution in [0.4, 0.5) is 10.6 Å². The third-order valence-corrected chi connectivity index (χ3v) is 6.97. The van der Waals surface area contributed by atoms with Crippen LogP contribution in [-0.4, -0.2) is 72.9 Å². The Morgan fingerprint density at radius 1 is 1.26 bits per heavy atom. The lowest BCUT2D eigenvalue weighted by Crippen LogP contribution is -2.50. The van der Waals surface area contributed by atoms with E-state index in [4.69, 9.17) is 9.47 Å². The van der Waals surface area contributed by atoms with E-state index in [-0.39, 0.29) is 18.1 Å². The minimum Gasteiger partial charge on any atom is -0.493 e. The predicted molar refractivity (Wildman–Crippen MR) is 114 cm³/mol. The molecular formula is C22H32N4O5. The smallest absolute Gasteiger partial charge is 0.412 e. The third-order valence-electron chi connectivity index (χ3n) is 6.97. The fourth-order valence-electron chi connectivity index (χ4n) is 5.28. The number of hydrogen-bond donors (Lipinski definition) is 2. The lowest BCUT2D eigenvalue weighted by Gasteiger charge is -2.41. The molecule has 31 heavy (non-hydrogen) atoms. The summed E-state index contributed by atoms with van der Waals surface area (Å²) >= 11 is 0. The summed E-state index contributed by atoms with van der Waals surface area (Å²) in [4.78, 5) is 33.7. The second-order valence-electron chi connectivity index (χ2n) is 8.85. The van der Waals surface area contributed by atoms with Gasteiger partial charge in [0, 0.05) is 38.8 Å². The number of carbonyl (C=O) groups is 2. The zero-order valence-electron chi connectivity index (χ0n) is 18.3. The minimum absolute atomic E-state index is 0.220. The summed E-state index contributed by atoms with van der Waals surface area (Å²) in [5, 5.41) is 12.2. The first-order valence-corrected chi connectivity index (χ1v) is 11.1. The molecule has 2 saturated heterocycles. The van der Waals surface area contributed by atoms with Crippen LogP contribution in [0.3, 0.4) is 0 Å². The van der Waals surface area contributed by atoms with Gasteiger partial charge in [0.15, 0.2) is 17.3 Å². The normalized spacial score (nSPS) is 28.7. The Morgan fingerprint density at radius 3 is 2.74 bits per heavy atom. The highest BCUT2D eigenvalue weighted by molar-refractivity contribution is 5.86. The molecule has 2 amide bonds. The van der Waals surface area contributed by atoms with Crippen LogP contribution >= 0.6 is 0 Å². The molecule has 3 aliphatic rings. The number of rotatable bonds is 4. The van der Waals surface area contributed by atoms with Gasteiger partial charge in [-0.1, -0.05) is 0 Å². The van der Waals surface area contributed by atoms with Crippen molar-refractivity contribution in [3.8, 4) is 11.5 Å². The highest BCUT2D eigenvalue weighted by atomic mass is 16.6. The average molecular weight is 433 g/mol. The Labute approximate surface area is 182 Å². The van der Waals surface area contributed by atoms with Crippen LogP contribution in [0.2, 0.25) is 0 Å². The van der Waals surface area contributed by atoms with Crippen LogP contribution in [0, 0.1) is 5.41 Å². The maximum atomic E-state index is 13.5. The Hall–Kier alpha value is -2.55. The zero-order valence-corrected chi connectivity index (χ0v) is 18.3. The number of amides is 2. The number of nitrogens with one attached hydrogen (secondary N) is 1. The van der Waals surface area contributed by atoms with Crippen molar-refractivity contribution in [2.24, 2.45) is 5.41 Å². The number of likely N-dealkylation sites (tertiary alicyclic amines) is 1. The molecule has 0 aromatic carbocycles. The fraction of sp³-hybridized carbons (Fsp3) is 0.682. The summed E-state index contributed by atoms with van der Waals surface area (Å²) in [6.07, 6.45) is 6.68. The number of aromatic nitrogens is 1. The van der Waals surface area contributed by atoms with Gasteiger partial charge < -0.3 is 29.7 Å². The Bertz CT molecular complexity index is 826. The van der Waals surface area contributed by atoms with Crippen LogP contribution in [-0.2, 0) is 4.79 Å². The van der Waals surface area contributed by atoms with Gasteiger partial charge in [0.25, 0.3) is 0 Å². The van der Waals surface area contributed by atoms with E-state index in [0.29, 0.717) is 23.9 Å². The quantitative estimate of drug-likeness (QED) is 0.749. The minimum atomic E-state index is -0.569. The average Bonchev–Trinajstić information content (AvgIpc) is 3.09. The van der Waals surface area contributed by atoms with Gasteiger partial charge >= 0.3 is 6.09 Å². The number of anilines is 1. The molecule has 1 spiro atoms. The van der Waals surface area contributed by atoms with Crippen molar-refractivity contribution < 1.29 is 24.2 Å². The van der Waals surface area contributed by atoms with E-state index >= 15 is 0 Å². The van der Waals surface area contributed by atoms with Crippen LogP contribution in [0.1, 0.15) is 44.9 Å². The molecule has 170 valence electrons. The summed E-state index contributed by atoms with van der Waals surface area (Å²) in [6, 6.07) is 1.90. The molecule has 1 aromatic rings. The topological polar surface area (TPSA) is 104 Å². The number of carbonyl (C=O) groups excluding carboxylic acids is 2. The number of aliphatic hydroxyl groups is 1. The van der Waals surface area contributed by atoms with Gasteiger partial charge in [0.1, 0.15) is 0 Å². The molecule has 9 nitrogen and oxygen atoms in total. The lowest BCUT2D eigenvalue weighted by atomic mass is 9.78. The molecule has 4 rings (SSSR count). The summed E-state index contributed by atoms with van der Waals surface area (Å²) in [7, 11) is 3.05. The van der Waals surface area contributed by atoms with E-state index in [1.165, 1.54) is 13.2 Å². The van der Waals surface area contributed by atoms with Crippen LogP contribution in [0.25, 0.3) is 0 Å². The molecule has 2 aliphatic heterocycles. The summed E-state index contributed by atoms with van der Waals surface area (Å²) in [5.41, 5.74) is -0.391. The van der Waals surface area contributed by atoms with E-state index in [2.05, 4.69) is 20.1 Å². The van der Waals surface area contributed by atoms with Crippen molar-refractivity contribution in [1.29, 1.82) is 0 Å². The Kier molecular flexibility index (Phi) is 6.22. The number of methoxy groups -OCH3 is 1. The first-order chi connectivity index (χ1) is 15.0. The fourth-order valence-corrected chi connectivity index (χ4v) is 5.28. The SMILES string of the molecule is CNC(=O)Oc1cnc(N2CCCC3(CCN(C4CCC(O)CC4)C3=O)C2)c(OC)c1. The number of piperidine rings is 1. The van der Waals surface area contributed by atoms with Crippen molar-refractivity contribution in [3.63, 3.8) is 0 Å². The first kappa shape index (κ1) is 21.7. The van der Waals surface area contributed by atoms with E-state index in [1.54, 1.807) is 13.2 Å². The Balaban J connectivity index is 1.49. The van der Waals surface area contributed by atoms with Crippen molar-refractivity contribution in [1.82, 2.24) is 15.2 Å². The zero-order chi connectivity index (χ0) is 22.0. The Morgan fingerprint density at radius 2 is 2.03 bits per heavy atom. The van der Waals surface area contributed by atoms with Crippen LogP contribution in [0.15, 0.2) is 12.3 Å². The maximum Gasteiger partial charge on any atom is 0.412 e. The van der Waals surface area contributed by atoms with Crippen molar-refractivity contribution in [2.75, 3.05) is 38.7 Å². The number of ether oxygens (including phenoxy) is 2. The molecule has 3 fully saturated rings.